The Kier molecular flexibility index (Phi) is 5.68. The van der Waals surface area contributed by atoms with E-state index in [1.807, 2.05) is 6.92 Å². The van der Waals surface area contributed by atoms with E-state index in [-0.39, 0.29) is 0 Å². The summed E-state index contributed by atoms with van der Waals surface area (Å²) in [5.74, 6) is 2.29. The van der Waals surface area contributed by atoms with Gasteiger partial charge in [0.1, 0.15) is 0 Å². The first-order valence-electron chi connectivity index (χ1n) is 8.37. The molecular formula is C16H24N6OS. The molecule has 1 fully saturated rings. The summed E-state index contributed by atoms with van der Waals surface area (Å²) in [7, 11) is 0. The Bertz CT molecular complexity index is 645. The summed E-state index contributed by atoms with van der Waals surface area (Å²) in [4.78, 5) is 13.7. The van der Waals surface area contributed by atoms with E-state index < -0.39 is 0 Å². The number of aryl methyl sites for hydroxylation is 1. The Morgan fingerprint density at radius 2 is 2.21 bits per heavy atom. The molecule has 0 amide bonds. The summed E-state index contributed by atoms with van der Waals surface area (Å²) in [6.45, 7) is 9.43. The van der Waals surface area contributed by atoms with Crippen molar-refractivity contribution < 1.29 is 4.52 Å². The van der Waals surface area contributed by atoms with E-state index in [0.29, 0.717) is 24.7 Å². The number of guanidine groups is 1. The van der Waals surface area contributed by atoms with Crippen LogP contribution in [0.1, 0.15) is 18.6 Å². The molecule has 0 aromatic carbocycles. The van der Waals surface area contributed by atoms with Crippen LogP contribution in [0.25, 0.3) is 0 Å². The highest BCUT2D eigenvalue weighted by atomic mass is 32.1. The van der Waals surface area contributed by atoms with Crippen LogP contribution in [0.3, 0.4) is 0 Å². The number of piperazine rings is 1. The second-order valence-corrected chi connectivity index (χ2v) is 6.57. The Labute approximate surface area is 146 Å². The van der Waals surface area contributed by atoms with Crippen molar-refractivity contribution in [2.24, 2.45) is 4.99 Å². The molecule has 8 heteroatoms. The molecule has 0 saturated carbocycles. The first kappa shape index (κ1) is 16.8. The number of hydrogen-bond donors (Lipinski definition) is 1. The van der Waals surface area contributed by atoms with E-state index in [4.69, 9.17) is 9.52 Å². The fourth-order valence-electron chi connectivity index (χ4n) is 2.71. The fraction of sp³-hybridized carbons (Fsp3) is 0.562. The standard InChI is InChI=1S/C16H24N6OS/c1-3-17-16(18-7-6-14-19-13(2)20-23-14)22-10-8-21(9-11-22)15-5-4-12-24-15/h4-5,12H,3,6-11H2,1-2H3,(H,17,18). The maximum absolute atomic E-state index is 5.14. The maximum Gasteiger partial charge on any atom is 0.228 e. The van der Waals surface area contributed by atoms with Crippen molar-refractivity contribution in [3.8, 4) is 0 Å². The molecule has 3 rings (SSSR count). The molecule has 1 aliphatic heterocycles. The summed E-state index contributed by atoms with van der Waals surface area (Å²) < 4.78 is 5.14. The number of thiophene rings is 1. The first-order valence-corrected chi connectivity index (χ1v) is 9.25. The van der Waals surface area contributed by atoms with Crippen LogP contribution in [0.4, 0.5) is 5.00 Å². The van der Waals surface area contributed by atoms with Crippen molar-refractivity contribution in [3.63, 3.8) is 0 Å². The van der Waals surface area contributed by atoms with Gasteiger partial charge in [-0.05, 0) is 31.4 Å². The van der Waals surface area contributed by atoms with E-state index in [1.165, 1.54) is 5.00 Å². The molecule has 2 aromatic heterocycles. The molecule has 0 bridgehead atoms. The summed E-state index contributed by atoms with van der Waals surface area (Å²) >= 11 is 1.80. The number of aliphatic imine (C=N–C) groups is 1. The molecule has 0 radical (unpaired) electrons. The van der Waals surface area contributed by atoms with Crippen LogP contribution in [0.15, 0.2) is 27.0 Å². The maximum atomic E-state index is 5.14. The van der Waals surface area contributed by atoms with Crippen LogP contribution in [0.5, 0.6) is 0 Å². The summed E-state index contributed by atoms with van der Waals surface area (Å²) in [6, 6.07) is 4.29. The highest BCUT2D eigenvalue weighted by molar-refractivity contribution is 7.14. The van der Waals surface area contributed by atoms with Crippen molar-refractivity contribution in [2.45, 2.75) is 20.3 Å². The van der Waals surface area contributed by atoms with Crippen LogP contribution in [-0.4, -0.2) is 60.3 Å². The van der Waals surface area contributed by atoms with Gasteiger partial charge in [-0.3, -0.25) is 4.99 Å². The van der Waals surface area contributed by atoms with E-state index in [9.17, 15) is 0 Å². The summed E-state index contributed by atoms with van der Waals surface area (Å²) in [5.41, 5.74) is 0. The van der Waals surface area contributed by atoms with Gasteiger partial charge in [0.15, 0.2) is 11.8 Å². The Balaban J connectivity index is 1.54. The minimum atomic E-state index is 0.648. The third kappa shape index (κ3) is 4.25. The molecule has 1 aliphatic rings. The van der Waals surface area contributed by atoms with E-state index in [1.54, 1.807) is 11.3 Å². The highest BCUT2D eigenvalue weighted by Gasteiger charge is 2.20. The van der Waals surface area contributed by atoms with Gasteiger partial charge in [0.2, 0.25) is 5.89 Å². The van der Waals surface area contributed by atoms with Gasteiger partial charge in [-0.25, -0.2) is 0 Å². The second kappa shape index (κ2) is 8.14. The van der Waals surface area contributed by atoms with Crippen molar-refractivity contribution in [2.75, 3.05) is 44.2 Å². The largest absolute Gasteiger partial charge is 0.360 e. The Hall–Kier alpha value is -2.09. The zero-order valence-electron chi connectivity index (χ0n) is 14.2. The smallest absolute Gasteiger partial charge is 0.228 e. The highest BCUT2D eigenvalue weighted by Crippen LogP contribution is 2.22. The Morgan fingerprint density at radius 3 is 2.83 bits per heavy atom. The predicted molar refractivity (Wildman–Crippen MR) is 96.8 cm³/mol. The minimum Gasteiger partial charge on any atom is -0.360 e. The van der Waals surface area contributed by atoms with Crippen molar-refractivity contribution in [1.29, 1.82) is 0 Å². The van der Waals surface area contributed by atoms with Crippen molar-refractivity contribution in [1.82, 2.24) is 20.4 Å². The van der Waals surface area contributed by atoms with Gasteiger partial charge in [-0.2, -0.15) is 4.98 Å². The van der Waals surface area contributed by atoms with Gasteiger partial charge in [0.05, 0.1) is 11.5 Å². The first-order chi connectivity index (χ1) is 11.8. The summed E-state index contributed by atoms with van der Waals surface area (Å²) in [6.07, 6.45) is 0.672. The van der Waals surface area contributed by atoms with Crippen LogP contribution in [0, 0.1) is 6.92 Å². The molecule has 0 aliphatic carbocycles. The monoisotopic (exact) mass is 348 g/mol. The number of aromatic nitrogens is 2. The lowest BCUT2D eigenvalue weighted by molar-refractivity contribution is 0.368. The molecule has 1 saturated heterocycles. The molecule has 0 spiro atoms. The lowest BCUT2D eigenvalue weighted by atomic mass is 10.3. The second-order valence-electron chi connectivity index (χ2n) is 5.65. The molecule has 130 valence electrons. The molecule has 24 heavy (non-hydrogen) atoms. The topological polar surface area (TPSA) is 69.8 Å². The fourth-order valence-corrected chi connectivity index (χ4v) is 3.50. The lowest BCUT2D eigenvalue weighted by Crippen LogP contribution is -2.52. The third-order valence-corrected chi connectivity index (χ3v) is 4.82. The molecule has 2 aromatic rings. The normalized spacial score (nSPS) is 15.8. The quantitative estimate of drug-likeness (QED) is 0.656. The van der Waals surface area contributed by atoms with Crippen LogP contribution < -0.4 is 10.2 Å². The molecule has 0 unspecified atom stereocenters. The van der Waals surface area contributed by atoms with Crippen molar-refractivity contribution >= 4 is 22.3 Å². The number of nitrogens with zero attached hydrogens (tertiary/aromatic N) is 5. The van der Waals surface area contributed by atoms with Gasteiger partial charge in [0.25, 0.3) is 0 Å². The van der Waals surface area contributed by atoms with Crippen LogP contribution in [0.2, 0.25) is 0 Å². The molecular weight excluding hydrogens is 324 g/mol. The average molecular weight is 348 g/mol. The van der Waals surface area contributed by atoms with Crippen LogP contribution in [-0.2, 0) is 6.42 Å². The number of hydrogen-bond acceptors (Lipinski definition) is 6. The number of rotatable bonds is 5. The van der Waals surface area contributed by atoms with Gasteiger partial charge in [0, 0.05) is 39.1 Å². The lowest BCUT2D eigenvalue weighted by Gasteiger charge is -2.37. The zero-order chi connectivity index (χ0) is 16.8. The average Bonchev–Trinajstić information content (AvgIpc) is 3.26. The van der Waals surface area contributed by atoms with Gasteiger partial charge in [-0.1, -0.05) is 5.16 Å². The third-order valence-electron chi connectivity index (χ3n) is 3.89. The molecule has 1 N–H and O–H groups in total. The van der Waals surface area contributed by atoms with E-state index in [2.05, 4.69) is 49.7 Å². The van der Waals surface area contributed by atoms with Gasteiger partial charge in [-0.15, -0.1) is 11.3 Å². The molecule has 0 atom stereocenters. The number of nitrogens with one attached hydrogen (secondary N) is 1. The predicted octanol–water partition coefficient (Wildman–Crippen LogP) is 1.77. The van der Waals surface area contributed by atoms with Crippen LogP contribution >= 0.6 is 11.3 Å². The molecule has 3 heterocycles. The number of anilines is 1. The molecule has 7 nitrogen and oxygen atoms in total. The van der Waals surface area contributed by atoms with Gasteiger partial charge < -0.3 is 19.6 Å². The van der Waals surface area contributed by atoms with Crippen molar-refractivity contribution in [3.05, 3.63) is 29.2 Å². The van der Waals surface area contributed by atoms with Gasteiger partial charge >= 0.3 is 0 Å². The summed E-state index contributed by atoms with van der Waals surface area (Å²) in [5, 5.41) is 10.7. The Morgan fingerprint density at radius 1 is 1.38 bits per heavy atom. The van der Waals surface area contributed by atoms with E-state index in [0.717, 1.165) is 38.7 Å². The van der Waals surface area contributed by atoms with E-state index >= 15 is 0 Å². The zero-order valence-corrected chi connectivity index (χ0v) is 15.1. The SMILES string of the molecule is CCNC(=NCCc1nc(C)no1)N1CCN(c2cccs2)CC1. The minimum absolute atomic E-state index is 0.648.